The summed E-state index contributed by atoms with van der Waals surface area (Å²) in [5, 5.41) is 3.54. The van der Waals surface area contributed by atoms with Gasteiger partial charge < -0.3 is 5.32 Å². The molecule has 66 valence electrons. The molecule has 1 atom stereocenters. The van der Waals surface area contributed by atoms with Crippen molar-refractivity contribution >= 4 is 23.2 Å². The van der Waals surface area contributed by atoms with Crippen molar-refractivity contribution in [3.8, 4) is 0 Å². The molecule has 1 aromatic rings. The average Bonchev–Trinajstić information content (AvgIpc) is 2.03. The van der Waals surface area contributed by atoms with E-state index >= 15 is 0 Å². The molecule has 0 unspecified atom stereocenters. The monoisotopic (exact) mass is 204 g/mol. The van der Waals surface area contributed by atoms with Gasteiger partial charge in [0.25, 0.3) is 0 Å². The summed E-state index contributed by atoms with van der Waals surface area (Å²) in [7, 11) is 2.02. The number of hydrogen-bond donors (Lipinski definition) is 1. The van der Waals surface area contributed by atoms with Crippen molar-refractivity contribution in [2.45, 2.75) is 13.0 Å². The third kappa shape index (κ3) is 2.13. The van der Waals surface area contributed by atoms with Gasteiger partial charge in [0.15, 0.2) is 0 Å². The number of rotatable bonds is 2. The Morgan fingerprint density at radius 2 is 2.00 bits per heavy atom. The smallest absolute Gasteiger partial charge is 0.110 e. The van der Waals surface area contributed by atoms with Crippen molar-refractivity contribution in [2.24, 2.45) is 0 Å². The van der Waals surface area contributed by atoms with Crippen LogP contribution in [0.15, 0.2) is 18.2 Å². The maximum Gasteiger partial charge on any atom is 0.110 e. The number of nitrogens with two attached hydrogens (primary N) is 1. The van der Waals surface area contributed by atoms with Crippen LogP contribution in [-0.2, 0) is 0 Å². The molecule has 2 N–H and O–H groups in total. The minimum absolute atomic E-state index is 0.384. The lowest BCUT2D eigenvalue weighted by molar-refractivity contribution is -0.666. The molecule has 0 aliphatic rings. The highest BCUT2D eigenvalue weighted by atomic mass is 35.5. The predicted molar refractivity (Wildman–Crippen MR) is 52.7 cm³/mol. The van der Waals surface area contributed by atoms with E-state index < -0.39 is 0 Å². The summed E-state index contributed by atoms with van der Waals surface area (Å²) >= 11 is 11.8. The van der Waals surface area contributed by atoms with Gasteiger partial charge in [-0.05, 0) is 19.1 Å². The Hall–Kier alpha value is -0.240. The fourth-order valence-electron chi connectivity index (χ4n) is 1.05. The average molecular weight is 205 g/mol. The fraction of sp³-hybridized carbons (Fsp3) is 0.333. The summed E-state index contributed by atoms with van der Waals surface area (Å²) in [6, 6.07) is 5.99. The molecule has 0 bridgehead atoms. The van der Waals surface area contributed by atoms with E-state index in [2.05, 4.69) is 12.2 Å². The Balaban J connectivity index is 3.01. The van der Waals surface area contributed by atoms with E-state index in [0.717, 1.165) is 10.6 Å². The summed E-state index contributed by atoms with van der Waals surface area (Å²) in [4.78, 5) is 0. The van der Waals surface area contributed by atoms with Crippen LogP contribution >= 0.6 is 23.2 Å². The third-order valence-electron chi connectivity index (χ3n) is 1.95. The fourth-order valence-corrected chi connectivity index (χ4v) is 1.63. The van der Waals surface area contributed by atoms with Gasteiger partial charge in [0.2, 0.25) is 0 Å². The molecular formula is C9H12Cl2N+. The standard InChI is InChI=1S/C9H11Cl2N/c1-6(12-2)8-4-3-7(10)5-9(8)11/h3-6,12H,1-2H3/p+1/t6-/m0/s1. The van der Waals surface area contributed by atoms with Crippen LogP contribution in [0, 0.1) is 0 Å². The molecule has 1 aromatic carbocycles. The van der Waals surface area contributed by atoms with Gasteiger partial charge in [-0.3, -0.25) is 0 Å². The Labute approximate surface area is 82.7 Å². The second-order valence-corrected chi connectivity index (χ2v) is 3.63. The third-order valence-corrected chi connectivity index (χ3v) is 2.52. The first-order valence-corrected chi connectivity index (χ1v) is 4.65. The van der Waals surface area contributed by atoms with Gasteiger partial charge in [-0.25, -0.2) is 0 Å². The molecule has 12 heavy (non-hydrogen) atoms. The zero-order valence-corrected chi connectivity index (χ0v) is 8.65. The predicted octanol–water partition coefficient (Wildman–Crippen LogP) is 2.25. The lowest BCUT2D eigenvalue weighted by Crippen LogP contribution is -2.80. The van der Waals surface area contributed by atoms with Crippen LogP contribution in [0.2, 0.25) is 10.0 Å². The van der Waals surface area contributed by atoms with Crippen LogP contribution in [0.25, 0.3) is 0 Å². The largest absolute Gasteiger partial charge is 0.343 e. The van der Waals surface area contributed by atoms with Crippen molar-refractivity contribution < 1.29 is 5.32 Å². The first kappa shape index (κ1) is 9.85. The Morgan fingerprint density at radius 1 is 1.33 bits per heavy atom. The number of halogens is 2. The van der Waals surface area contributed by atoms with Crippen LogP contribution in [0.4, 0.5) is 0 Å². The molecule has 0 amide bonds. The lowest BCUT2D eigenvalue weighted by atomic mass is 10.1. The molecule has 1 nitrogen and oxygen atoms in total. The first-order valence-electron chi connectivity index (χ1n) is 3.89. The second-order valence-electron chi connectivity index (χ2n) is 2.79. The quantitative estimate of drug-likeness (QED) is 0.762. The van der Waals surface area contributed by atoms with Crippen molar-refractivity contribution in [3.05, 3.63) is 33.8 Å². The molecular weight excluding hydrogens is 193 g/mol. The Kier molecular flexibility index (Phi) is 3.39. The molecule has 0 aromatic heterocycles. The van der Waals surface area contributed by atoms with Crippen molar-refractivity contribution in [2.75, 3.05) is 7.05 Å². The first-order chi connectivity index (χ1) is 5.65. The van der Waals surface area contributed by atoms with Crippen molar-refractivity contribution in [1.29, 1.82) is 0 Å². The van der Waals surface area contributed by atoms with Crippen molar-refractivity contribution in [3.63, 3.8) is 0 Å². The van der Waals surface area contributed by atoms with Crippen LogP contribution < -0.4 is 5.32 Å². The molecule has 0 saturated heterocycles. The minimum Gasteiger partial charge on any atom is -0.343 e. The molecule has 0 aliphatic carbocycles. The molecule has 3 heteroatoms. The van der Waals surface area contributed by atoms with Gasteiger partial charge in [0.05, 0.1) is 12.1 Å². The molecule has 1 rings (SSSR count). The second kappa shape index (κ2) is 4.13. The molecule has 0 fully saturated rings. The summed E-state index contributed by atoms with van der Waals surface area (Å²) < 4.78 is 0. The lowest BCUT2D eigenvalue weighted by Gasteiger charge is -2.09. The highest BCUT2D eigenvalue weighted by Gasteiger charge is 2.09. The summed E-state index contributed by atoms with van der Waals surface area (Å²) in [6.45, 7) is 2.11. The maximum atomic E-state index is 6.00. The van der Waals surface area contributed by atoms with Crippen LogP contribution in [0.5, 0.6) is 0 Å². The van der Waals surface area contributed by atoms with E-state index in [9.17, 15) is 0 Å². The van der Waals surface area contributed by atoms with Gasteiger partial charge in [-0.2, -0.15) is 0 Å². The van der Waals surface area contributed by atoms with Gasteiger partial charge >= 0.3 is 0 Å². The molecule has 0 spiro atoms. The van der Waals surface area contributed by atoms with E-state index in [4.69, 9.17) is 23.2 Å². The van der Waals surface area contributed by atoms with Crippen LogP contribution in [0.1, 0.15) is 18.5 Å². The topological polar surface area (TPSA) is 16.6 Å². The zero-order valence-electron chi connectivity index (χ0n) is 7.14. The van der Waals surface area contributed by atoms with Gasteiger partial charge in [-0.1, -0.05) is 29.3 Å². The van der Waals surface area contributed by atoms with Crippen LogP contribution in [0.3, 0.4) is 0 Å². The highest BCUT2D eigenvalue weighted by molar-refractivity contribution is 6.35. The zero-order chi connectivity index (χ0) is 9.14. The molecule has 0 heterocycles. The summed E-state index contributed by atoms with van der Waals surface area (Å²) in [5.74, 6) is 0. The number of quaternary nitrogens is 1. The maximum absolute atomic E-state index is 6.00. The summed E-state index contributed by atoms with van der Waals surface area (Å²) in [6.07, 6.45) is 0. The molecule has 0 saturated carbocycles. The molecule has 0 aliphatic heterocycles. The van der Waals surface area contributed by atoms with E-state index in [1.165, 1.54) is 0 Å². The Bertz CT molecular complexity index is 273. The van der Waals surface area contributed by atoms with E-state index in [0.29, 0.717) is 11.1 Å². The van der Waals surface area contributed by atoms with Gasteiger partial charge in [0, 0.05) is 10.6 Å². The van der Waals surface area contributed by atoms with Crippen molar-refractivity contribution in [1.82, 2.24) is 0 Å². The number of hydrogen-bond acceptors (Lipinski definition) is 0. The highest BCUT2D eigenvalue weighted by Crippen LogP contribution is 2.24. The van der Waals surface area contributed by atoms with Gasteiger partial charge in [-0.15, -0.1) is 0 Å². The van der Waals surface area contributed by atoms with E-state index in [-0.39, 0.29) is 0 Å². The van der Waals surface area contributed by atoms with Crippen LogP contribution in [-0.4, -0.2) is 7.05 Å². The SMILES string of the molecule is C[NH2+][C@@H](C)c1ccc(Cl)cc1Cl. The van der Waals surface area contributed by atoms with E-state index in [1.807, 2.05) is 19.2 Å². The Morgan fingerprint density at radius 3 is 2.50 bits per heavy atom. The van der Waals surface area contributed by atoms with E-state index in [1.54, 1.807) is 6.07 Å². The molecule has 0 radical (unpaired) electrons. The minimum atomic E-state index is 0.384. The number of benzene rings is 1. The van der Waals surface area contributed by atoms with Gasteiger partial charge in [0.1, 0.15) is 6.04 Å². The summed E-state index contributed by atoms with van der Waals surface area (Å²) in [5.41, 5.74) is 1.13. The normalized spacial score (nSPS) is 13.0.